The molecule has 4 unspecified atom stereocenters. The van der Waals surface area contributed by atoms with Crippen LogP contribution < -0.4 is 11.1 Å². The maximum Gasteiger partial charge on any atom is 0.225 e. The molecule has 0 bridgehead atoms. The molecule has 0 radical (unpaired) electrons. The zero-order valence-corrected chi connectivity index (χ0v) is 15.9. The van der Waals surface area contributed by atoms with Gasteiger partial charge in [0.15, 0.2) is 12.5 Å². The Morgan fingerprint density at radius 3 is 2.32 bits per heavy atom. The summed E-state index contributed by atoms with van der Waals surface area (Å²) in [7, 11) is 4.17. The van der Waals surface area contributed by atoms with E-state index in [9.17, 15) is 19.5 Å². The number of likely N-dealkylation sites (N-methyl/N-ethyl adjacent to an activating group) is 1. The van der Waals surface area contributed by atoms with E-state index in [0.717, 1.165) is 17.6 Å². The lowest BCUT2D eigenvalue weighted by molar-refractivity contribution is -0.887. The second-order valence-corrected chi connectivity index (χ2v) is 7.46. The number of nitrogens with one attached hydrogen (secondary N) is 1. The van der Waals surface area contributed by atoms with Gasteiger partial charge in [0.2, 0.25) is 11.8 Å². The molecule has 0 rings (SSSR count). The molecule has 144 valence electrons. The molecule has 7 heteroatoms. The third-order valence-corrected chi connectivity index (χ3v) is 4.37. The van der Waals surface area contributed by atoms with Gasteiger partial charge in [-0.05, 0) is 25.3 Å². The maximum absolute atomic E-state index is 12.4. The number of carbonyl (C=O) groups excluding carboxylic acids is 3. The normalized spacial score (nSPS) is 16.4. The minimum Gasteiger partial charge on any atom is -0.369 e. The van der Waals surface area contributed by atoms with Crippen molar-refractivity contribution in [3.63, 3.8) is 0 Å². The number of carbonyl (C=O) groups is 3. The molecule has 0 saturated carbocycles. The number of primary amides is 1. The maximum atomic E-state index is 12.4. The fourth-order valence-electron chi connectivity index (χ4n) is 3.26. The number of aldehydes is 1. The predicted molar refractivity (Wildman–Crippen MR) is 97.1 cm³/mol. The largest absolute Gasteiger partial charge is 0.369 e. The van der Waals surface area contributed by atoms with Crippen LogP contribution in [-0.4, -0.2) is 61.1 Å². The van der Waals surface area contributed by atoms with Crippen LogP contribution in [0.15, 0.2) is 12.7 Å². The van der Waals surface area contributed by atoms with Crippen molar-refractivity contribution in [2.45, 2.75) is 39.3 Å². The topological polar surface area (TPSA) is 109 Å². The first kappa shape index (κ1) is 23.3. The molecule has 0 heterocycles. The van der Waals surface area contributed by atoms with Gasteiger partial charge in [0.05, 0.1) is 27.2 Å². The molecule has 0 fully saturated rings. The summed E-state index contributed by atoms with van der Waals surface area (Å²) in [5.41, 5.74) is 5.40. The molecule has 0 aromatic carbocycles. The Morgan fingerprint density at radius 1 is 1.28 bits per heavy atom. The van der Waals surface area contributed by atoms with Crippen molar-refractivity contribution in [1.29, 1.82) is 0 Å². The van der Waals surface area contributed by atoms with Crippen LogP contribution in [0, 0.1) is 17.8 Å². The van der Waals surface area contributed by atoms with Gasteiger partial charge in [-0.15, -0.1) is 0 Å². The number of quaternary nitrogens is 1. The molecule has 0 saturated heterocycles. The number of rotatable bonds is 13. The highest BCUT2D eigenvalue weighted by molar-refractivity contribution is 5.82. The van der Waals surface area contributed by atoms with Gasteiger partial charge < -0.3 is 20.6 Å². The van der Waals surface area contributed by atoms with Crippen LogP contribution >= 0.6 is 0 Å². The smallest absolute Gasteiger partial charge is 0.225 e. The molecule has 0 aliphatic heterocycles. The first-order valence-corrected chi connectivity index (χ1v) is 8.72. The van der Waals surface area contributed by atoms with Crippen molar-refractivity contribution in [1.82, 2.24) is 5.32 Å². The van der Waals surface area contributed by atoms with Gasteiger partial charge in [-0.3, -0.25) is 14.4 Å². The van der Waals surface area contributed by atoms with Crippen molar-refractivity contribution >= 4 is 18.1 Å². The van der Waals surface area contributed by atoms with Gasteiger partial charge in [0.1, 0.15) is 0 Å². The standard InChI is InChI=1S/C18H33N3O4/c1-6-8-21(4,5)11-13(3)9-15(10-14(7-2)17(19)24)18(25)20-16(23)12-22/h6,12-16,23H,1,7-11H2,2-5H3,(H2-,19,20,24,25)/p+1. The van der Waals surface area contributed by atoms with Crippen LogP contribution in [0.2, 0.25) is 0 Å². The first-order valence-electron chi connectivity index (χ1n) is 8.72. The number of nitrogens with two attached hydrogens (primary N) is 1. The van der Waals surface area contributed by atoms with Crippen LogP contribution in [-0.2, 0) is 14.4 Å². The predicted octanol–water partition coefficient (Wildman–Crippen LogP) is 0.426. The lowest BCUT2D eigenvalue weighted by atomic mass is 9.85. The third kappa shape index (κ3) is 9.36. The summed E-state index contributed by atoms with van der Waals surface area (Å²) in [6.45, 7) is 9.30. The summed E-state index contributed by atoms with van der Waals surface area (Å²) in [5.74, 6) is -1.57. The fourth-order valence-corrected chi connectivity index (χ4v) is 3.26. The monoisotopic (exact) mass is 356 g/mol. The molecule has 0 spiro atoms. The summed E-state index contributed by atoms with van der Waals surface area (Å²) in [5, 5.41) is 11.6. The Kier molecular flexibility index (Phi) is 10.2. The Balaban J connectivity index is 5.10. The number of hydrogen-bond donors (Lipinski definition) is 3. The van der Waals surface area contributed by atoms with Crippen LogP contribution in [0.3, 0.4) is 0 Å². The number of aliphatic hydroxyl groups is 1. The van der Waals surface area contributed by atoms with Crippen molar-refractivity contribution in [2.75, 3.05) is 27.2 Å². The average molecular weight is 356 g/mol. The molecule has 2 amide bonds. The lowest BCUT2D eigenvalue weighted by Crippen LogP contribution is -2.45. The zero-order chi connectivity index (χ0) is 19.6. The highest BCUT2D eigenvalue weighted by atomic mass is 16.3. The van der Waals surface area contributed by atoms with Crippen molar-refractivity contribution in [3.8, 4) is 0 Å². The minimum absolute atomic E-state index is 0.199. The van der Waals surface area contributed by atoms with Crippen LogP contribution in [0.4, 0.5) is 0 Å². The third-order valence-electron chi connectivity index (χ3n) is 4.37. The molecular weight excluding hydrogens is 322 g/mol. The van der Waals surface area contributed by atoms with E-state index in [1.165, 1.54) is 0 Å². The zero-order valence-electron chi connectivity index (χ0n) is 15.9. The van der Waals surface area contributed by atoms with Crippen LogP contribution in [0.25, 0.3) is 0 Å². The Labute approximate surface area is 150 Å². The Morgan fingerprint density at radius 2 is 1.88 bits per heavy atom. The van der Waals surface area contributed by atoms with Gasteiger partial charge in [-0.2, -0.15) is 0 Å². The van der Waals surface area contributed by atoms with Gasteiger partial charge in [-0.1, -0.05) is 20.4 Å². The highest BCUT2D eigenvalue weighted by Crippen LogP contribution is 2.24. The molecule has 0 aliphatic rings. The molecular formula is C18H34N3O4+. The summed E-state index contributed by atoms with van der Waals surface area (Å²) in [4.78, 5) is 34.5. The molecule has 0 aliphatic carbocycles. The average Bonchev–Trinajstić information content (AvgIpc) is 2.49. The van der Waals surface area contributed by atoms with Crippen molar-refractivity contribution < 1.29 is 24.0 Å². The quantitative estimate of drug-likeness (QED) is 0.192. The molecule has 4 N–H and O–H groups in total. The first-order chi connectivity index (χ1) is 11.6. The number of nitrogens with zero attached hydrogens (tertiary/aromatic N) is 1. The van der Waals surface area contributed by atoms with E-state index in [1.54, 1.807) is 0 Å². The minimum atomic E-state index is -1.54. The van der Waals surface area contributed by atoms with Crippen LogP contribution in [0.5, 0.6) is 0 Å². The van der Waals surface area contributed by atoms with Crippen LogP contribution in [0.1, 0.15) is 33.1 Å². The van der Waals surface area contributed by atoms with Gasteiger partial charge in [-0.25, -0.2) is 0 Å². The van der Waals surface area contributed by atoms with E-state index in [-0.39, 0.29) is 12.2 Å². The number of amides is 2. The SMILES string of the molecule is C=CC[N+](C)(C)CC(C)CC(CC(CC)C(N)=O)C(=O)NC(O)C=O. The Hall–Kier alpha value is -1.73. The van der Waals surface area contributed by atoms with E-state index >= 15 is 0 Å². The van der Waals surface area contributed by atoms with Gasteiger partial charge >= 0.3 is 0 Å². The summed E-state index contributed by atoms with van der Waals surface area (Å²) >= 11 is 0. The summed E-state index contributed by atoms with van der Waals surface area (Å²) < 4.78 is 0.739. The van der Waals surface area contributed by atoms with Crippen molar-refractivity contribution in [3.05, 3.63) is 12.7 Å². The van der Waals surface area contributed by atoms with Gasteiger partial charge in [0.25, 0.3) is 0 Å². The Bertz CT molecular complexity index is 465. The molecule has 0 aromatic rings. The molecule has 4 atom stereocenters. The number of hydrogen-bond acceptors (Lipinski definition) is 4. The van der Waals surface area contributed by atoms with E-state index in [4.69, 9.17) is 5.73 Å². The van der Waals surface area contributed by atoms with E-state index in [0.29, 0.717) is 19.3 Å². The molecule has 0 aromatic heterocycles. The molecule has 25 heavy (non-hydrogen) atoms. The van der Waals surface area contributed by atoms with E-state index in [2.05, 4.69) is 26.0 Å². The second kappa shape index (κ2) is 11.0. The highest BCUT2D eigenvalue weighted by Gasteiger charge is 2.29. The summed E-state index contributed by atoms with van der Waals surface area (Å²) in [6.07, 6.45) is 1.97. The van der Waals surface area contributed by atoms with E-state index < -0.39 is 29.9 Å². The second-order valence-electron chi connectivity index (χ2n) is 7.46. The van der Waals surface area contributed by atoms with E-state index in [1.807, 2.05) is 19.9 Å². The molecule has 7 nitrogen and oxygen atoms in total. The number of aliphatic hydroxyl groups excluding tert-OH is 1. The van der Waals surface area contributed by atoms with Gasteiger partial charge in [0, 0.05) is 17.8 Å². The lowest BCUT2D eigenvalue weighted by Gasteiger charge is -2.32. The fraction of sp³-hybridized carbons (Fsp3) is 0.722. The summed E-state index contributed by atoms with van der Waals surface area (Å²) in [6, 6.07) is 0. The van der Waals surface area contributed by atoms with Crippen molar-refractivity contribution in [2.24, 2.45) is 23.5 Å².